The van der Waals surface area contributed by atoms with Crippen LogP contribution in [0.2, 0.25) is 13.7 Å². The van der Waals surface area contributed by atoms with E-state index >= 15 is 0 Å². The van der Waals surface area contributed by atoms with Crippen LogP contribution >= 0.6 is 23.2 Å². The van der Waals surface area contributed by atoms with Gasteiger partial charge in [-0.25, -0.2) is 0 Å². The van der Waals surface area contributed by atoms with Crippen LogP contribution in [0.3, 0.4) is 0 Å². The van der Waals surface area contributed by atoms with Crippen LogP contribution in [0.4, 0.5) is 0 Å². The molecule has 0 N–H and O–H groups in total. The molecule has 0 nitrogen and oxygen atoms in total. The molecule has 2 fully saturated rings. The first kappa shape index (κ1) is 47.2. The molecule has 9 atom stereocenters. The minimum atomic E-state index is -3.17. The molecule has 0 saturated heterocycles. The molecule has 5 heteroatoms. The van der Waals surface area contributed by atoms with Gasteiger partial charge in [-0.1, -0.05) is 0 Å². The van der Waals surface area contributed by atoms with Crippen molar-refractivity contribution < 1.29 is 46.1 Å². The second-order valence-corrected chi connectivity index (χ2v) is 27.5. The topological polar surface area (TPSA) is 0 Å². The molecule has 0 aromatic heterocycles. The van der Waals surface area contributed by atoms with Crippen LogP contribution in [0.25, 0.3) is 22.3 Å². The maximum absolute atomic E-state index is 6.37. The molecule has 0 heterocycles. The summed E-state index contributed by atoms with van der Waals surface area (Å²) < 4.78 is 3.71. The third kappa shape index (κ3) is 5.99. The quantitative estimate of drug-likeness (QED) is 0.181. The fourth-order valence-electron chi connectivity index (χ4n) is 14.8. The molecule has 0 spiro atoms. The van der Waals surface area contributed by atoms with Gasteiger partial charge < -0.3 is 24.8 Å². The summed E-state index contributed by atoms with van der Waals surface area (Å²) in [7, 11) is 0. The smallest absolute Gasteiger partial charge is 1.00 e. The predicted octanol–water partition coefficient (Wildman–Crippen LogP) is 10.6. The average Bonchev–Trinajstić information content (AvgIpc) is 3.87. The van der Waals surface area contributed by atoms with E-state index in [1.165, 1.54) is 39.0 Å². The van der Waals surface area contributed by atoms with Crippen molar-refractivity contribution in [1.29, 1.82) is 0 Å². The zero-order valence-corrected chi connectivity index (χ0v) is 43.7. The van der Waals surface area contributed by atoms with Crippen LogP contribution < -0.4 is 24.8 Å². The van der Waals surface area contributed by atoms with Crippen LogP contribution in [0.15, 0.2) is 191 Å². The van der Waals surface area contributed by atoms with E-state index in [-0.39, 0.29) is 62.7 Å². The van der Waals surface area contributed by atoms with Crippen molar-refractivity contribution in [3.63, 3.8) is 0 Å². The minimum Gasteiger partial charge on any atom is -1.00 e. The van der Waals surface area contributed by atoms with Crippen molar-refractivity contribution in [3.8, 4) is 22.3 Å². The maximum atomic E-state index is 6.37. The van der Waals surface area contributed by atoms with Gasteiger partial charge >= 0.3 is 391 Å². The van der Waals surface area contributed by atoms with Gasteiger partial charge in [-0.15, -0.1) is 0 Å². The second kappa shape index (κ2) is 16.5. The summed E-state index contributed by atoms with van der Waals surface area (Å²) in [4.78, 5) is 0. The summed E-state index contributed by atoms with van der Waals surface area (Å²) in [6.07, 6.45) is 36.0. The van der Waals surface area contributed by atoms with Crippen molar-refractivity contribution in [3.05, 3.63) is 212 Å². The van der Waals surface area contributed by atoms with E-state index < -0.39 is 21.3 Å². The minimum absolute atomic E-state index is 0. The van der Waals surface area contributed by atoms with Gasteiger partial charge in [0.15, 0.2) is 0 Å². The van der Waals surface area contributed by atoms with Crippen molar-refractivity contribution in [2.75, 3.05) is 0 Å². The zero-order chi connectivity index (χ0) is 43.5. The molecular formula is C59H58Cl4Zr. The molecule has 6 aliphatic carbocycles. The number of rotatable bonds is 6. The zero-order valence-electron chi connectivity index (χ0n) is 38.2. The van der Waals surface area contributed by atoms with Crippen LogP contribution in [0, 0.1) is 43.8 Å². The van der Waals surface area contributed by atoms with Crippen LogP contribution in [0.1, 0.15) is 72.9 Å². The van der Waals surface area contributed by atoms with Crippen LogP contribution in [-0.2, 0) is 21.3 Å². The van der Waals surface area contributed by atoms with E-state index in [9.17, 15) is 0 Å². The Morgan fingerprint density at radius 2 is 0.938 bits per heavy atom. The van der Waals surface area contributed by atoms with Gasteiger partial charge in [-0.3, -0.25) is 0 Å². The molecular weight excluding hydrogens is 942 g/mol. The molecule has 2 saturated carbocycles. The molecule has 4 aromatic rings. The number of hydrogen-bond acceptors (Lipinski definition) is 0. The molecule has 10 rings (SSSR count). The molecule has 9 unspecified atom stereocenters. The fourth-order valence-corrected chi connectivity index (χ4v) is 26.3. The molecule has 326 valence electrons. The van der Waals surface area contributed by atoms with E-state index in [4.69, 9.17) is 23.2 Å². The summed E-state index contributed by atoms with van der Waals surface area (Å²) in [6, 6.07) is 35.7. The number of benzene rings is 4. The predicted molar refractivity (Wildman–Crippen MR) is 262 cm³/mol. The van der Waals surface area contributed by atoms with Gasteiger partial charge in [0.25, 0.3) is 0 Å². The van der Waals surface area contributed by atoms with Gasteiger partial charge in [0, 0.05) is 0 Å². The third-order valence-electron chi connectivity index (χ3n) is 18.9. The summed E-state index contributed by atoms with van der Waals surface area (Å²) in [6.45, 7) is 21.3. The third-order valence-corrected chi connectivity index (χ3v) is 28.6. The Balaban J connectivity index is 0.00000280. The molecule has 6 aliphatic rings. The number of allylic oxidation sites excluding steroid dienone is 16. The monoisotopic (exact) mass is 996 g/mol. The summed E-state index contributed by atoms with van der Waals surface area (Å²) in [5.41, 5.74) is 7.90. The van der Waals surface area contributed by atoms with Crippen molar-refractivity contribution in [2.45, 2.75) is 65.4 Å². The van der Waals surface area contributed by atoms with Gasteiger partial charge in [-0.05, 0) is 0 Å². The molecule has 64 heavy (non-hydrogen) atoms. The van der Waals surface area contributed by atoms with Gasteiger partial charge in [0.05, 0.1) is 0 Å². The Kier molecular flexibility index (Phi) is 12.2. The molecule has 0 aliphatic heterocycles. The number of fused-ring (bicyclic) bond motifs is 8. The molecule has 0 amide bonds. The van der Waals surface area contributed by atoms with Crippen LogP contribution in [-0.4, -0.2) is 3.21 Å². The van der Waals surface area contributed by atoms with Gasteiger partial charge in [0.1, 0.15) is 0 Å². The van der Waals surface area contributed by atoms with Gasteiger partial charge in [0.2, 0.25) is 0 Å². The summed E-state index contributed by atoms with van der Waals surface area (Å²) in [5.74, 6) is 0.342. The standard InChI is InChI=1S/C29H37.C25H16Cl2.C5H5.2ClH.Zr/c1-21-14-13-15-22-20-27(6)25(4)18-10-9-16-23(25,2)24(3)17-11-12-19-26(24,5)29(27,8)28(21,22)7;26-24-13-9-22(10-14-24)20-5-1-18(2-6-20)17-19-3-7-21(8-4-19)23-11-15-25(27)16-12-23;1-2-4-5-3-1;;;/h9-20,22H,1-8H3;1-16H;1-3H,4H2;2*1H;/q;;;;;+2/p-2. The Bertz CT molecular complexity index is 2690. The first-order valence-corrected chi connectivity index (χ1v) is 27.2. The maximum Gasteiger partial charge on any atom is -1.00 e. The number of halogens is 4. The van der Waals surface area contributed by atoms with Crippen molar-refractivity contribution in [2.24, 2.45) is 43.8 Å². The molecule has 4 aromatic carbocycles. The summed E-state index contributed by atoms with van der Waals surface area (Å²) in [5, 5.41) is 1.52. The molecule has 0 bridgehead atoms. The molecule has 0 radical (unpaired) electrons. The van der Waals surface area contributed by atoms with E-state index in [0.29, 0.717) is 9.54 Å². The number of hydrogen-bond donors (Lipinski definition) is 0. The normalized spacial score (nSPS) is 34.5. The second-order valence-electron chi connectivity index (χ2n) is 20.3. The van der Waals surface area contributed by atoms with E-state index in [1.807, 2.05) is 24.3 Å². The van der Waals surface area contributed by atoms with E-state index in [1.54, 1.807) is 6.49 Å². The Hall–Kier alpha value is -3.29. The van der Waals surface area contributed by atoms with E-state index in [0.717, 1.165) is 16.5 Å². The van der Waals surface area contributed by atoms with E-state index in [2.05, 4.69) is 213 Å². The average molecular weight is 1000 g/mol. The van der Waals surface area contributed by atoms with Crippen molar-refractivity contribution in [1.82, 2.24) is 0 Å². The summed E-state index contributed by atoms with van der Waals surface area (Å²) >= 11 is 9.56. The Labute approximate surface area is 412 Å². The van der Waals surface area contributed by atoms with Crippen LogP contribution in [0.5, 0.6) is 0 Å². The Morgan fingerprint density at radius 3 is 1.39 bits per heavy atom. The SMILES string of the molecule is CC1=CC=CC2[CH]([Zr+2]([C]3=CC=CC3)=[C](c3ccc(-c4ccc(Cl)cc4)cc3)c3ccc(-c4ccc(Cl)cc4)cc3)C3(C)C4(C)C=CC=CC4(C)C4(C)C=CC=CC4(C)C3(C)C12C.[Cl-].[Cl-]. The first-order chi connectivity index (χ1) is 29.6. The van der Waals surface area contributed by atoms with Crippen molar-refractivity contribution >= 4 is 26.4 Å². The Morgan fingerprint density at radius 1 is 0.516 bits per heavy atom. The largest absolute Gasteiger partial charge is 1.00 e. The fraction of sp³-hybridized carbons (Fsp3) is 0.305. The first-order valence-electron chi connectivity index (χ1n) is 22.5. The van der Waals surface area contributed by atoms with Gasteiger partial charge in [-0.2, -0.15) is 0 Å².